The first-order valence-corrected chi connectivity index (χ1v) is 7.20. The highest BCUT2D eigenvalue weighted by molar-refractivity contribution is 5.83. The fourth-order valence-electron chi connectivity index (χ4n) is 2.97. The van der Waals surface area contributed by atoms with Crippen molar-refractivity contribution in [3.63, 3.8) is 0 Å². The van der Waals surface area contributed by atoms with E-state index in [-0.39, 0.29) is 6.10 Å². The first kappa shape index (κ1) is 13.5. The van der Waals surface area contributed by atoms with E-state index in [1.165, 1.54) is 0 Å². The molecular weight excluding hydrogens is 254 g/mol. The SMILES string of the molecule is COc1cccc2cc(CNCC3CCC(O)C3)oc12. The first-order valence-electron chi connectivity index (χ1n) is 7.20. The number of fused-ring (bicyclic) bond motifs is 1. The summed E-state index contributed by atoms with van der Waals surface area (Å²) in [6.45, 7) is 1.65. The van der Waals surface area contributed by atoms with Crippen molar-refractivity contribution in [2.45, 2.75) is 31.9 Å². The van der Waals surface area contributed by atoms with Crippen molar-refractivity contribution < 1.29 is 14.3 Å². The Labute approximate surface area is 118 Å². The zero-order valence-corrected chi connectivity index (χ0v) is 11.8. The smallest absolute Gasteiger partial charge is 0.176 e. The van der Waals surface area contributed by atoms with Crippen molar-refractivity contribution in [3.05, 3.63) is 30.0 Å². The number of rotatable bonds is 5. The lowest BCUT2D eigenvalue weighted by Crippen LogP contribution is -2.21. The van der Waals surface area contributed by atoms with E-state index >= 15 is 0 Å². The minimum atomic E-state index is -0.0998. The molecule has 0 radical (unpaired) electrons. The van der Waals surface area contributed by atoms with Gasteiger partial charge >= 0.3 is 0 Å². The predicted molar refractivity (Wildman–Crippen MR) is 77.8 cm³/mol. The van der Waals surface area contributed by atoms with E-state index in [4.69, 9.17) is 9.15 Å². The molecule has 1 aliphatic rings. The third-order valence-electron chi connectivity index (χ3n) is 4.02. The molecule has 1 fully saturated rings. The number of methoxy groups -OCH3 is 1. The Hall–Kier alpha value is -1.52. The van der Waals surface area contributed by atoms with Crippen molar-refractivity contribution in [1.82, 2.24) is 5.32 Å². The molecule has 2 atom stereocenters. The van der Waals surface area contributed by atoms with Crippen LogP contribution in [0.2, 0.25) is 0 Å². The van der Waals surface area contributed by atoms with Gasteiger partial charge in [0, 0.05) is 5.39 Å². The summed E-state index contributed by atoms with van der Waals surface area (Å²) < 4.78 is 11.1. The van der Waals surface area contributed by atoms with Gasteiger partial charge in [0.25, 0.3) is 0 Å². The Balaban J connectivity index is 1.60. The Bertz CT molecular complexity index is 578. The van der Waals surface area contributed by atoms with Crippen LogP contribution in [-0.4, -0.2) is 24.9 Å². The molecule has 2 aromatic rings. The molecule has 108 valence electrons. The van der Waals surface area contributed by atoms with E-state index in [1.807, 2.05) is 24.3 Å². The standard InChI is InChI=1S/C16H21NO3/c1-19-15-4-2-3-12-8-14(20-16(12)15)10-17-9-11-5-6-13(18)7-11/h2-4,8,11,13,17-18H,5-7,9-10H2,1H3. The highest BCUT2D eigenvalue weighted by atomic mass is 16.5. The maximum Gasteiger partial charge on any atom is 0.176 e. The van der Waals surface area contributed by atoms with Gasteiger partial charge in [-0.25, -0.2) is 0 Å². The molecule has 2 unspecified atom stereocenters. The monoisotopic (exact) mass is 275 g/mol. The molecule has 20 heavy (non-hydrogen) atoms. The summed E-state index contributed by atoms with van der Waals surface area (Å²) in [5.41, 5.74) is 0.808. The van der Waals surface area contributed by atoms with Crippen LogP contribution in [0, 0.1) is 5.92 Å². The minimum absolute atomic E-state index is 0.0998. The first-order chi connectivity index (χ1) is 9.76. The molecule has 3 rings (SSSR count). The predicted octanol–water partition coefficient (Wildman–Crippen LogP) is 2.69. The number of hydrogen-bond donors (Lipinski definition) is 2. The van der Waals surface area contributed by atoms with Crippen LogP contribution in [0.1, 0.15) is 25.0 Å². The van der Waals surface area contributed by atoms with Gasteiger partial charge in [0.15, 0.2) is 11.3 Å². The van der Waals surface area contributed by atoms with Gasteiger partial charge in [-0.05, 0) is 43.9 Å². The second kappa shape index (κ2) is 5.85. The molecule has 0 aliphatic heterocycles. The van der Waals surface area contributed by atoms with Crippen LogP contribution in [0.15, 0.2) is 28.7 Å². The number of para-hydroxylation sites is 1. The van der Waals surface area contributed by atoms with Gasteiger partial charge in [-0.2, -0.15) is 0 Å². The Kier molecular flexibility index (Phi) is 3.94. The molecule has 1 saturated carbocycles. The zero-order valence-electron chi connectivity index (χ0n) is 11.8. The average Bonchev–Trinajstić information content (AvgIpc) is 3.04. The molecular formula is C16H21NO3. The lowest BCUT2D eigenvalue weighted by Gasteiger charge is -2.09. The van der Waals surface area contributed by atoms with Crippen LogP contribution in [0.4, 0.5) is 0 Å². The van der Waals surface area contributed by atoms with Crippen LogP contribution >= 0.6 is 0 Å². The Morgan fingerprint density at radius 1 is 1.40 bits per heavy atom. The van der Waals surface area contributed by atoms with Gasteiger partial charge < -0.3 is 19.6 Å². The summed E-state index contributed by atoms with van der Waals surface area (Å²) in [5, 5.41) is 14.0. The molecule has 4 heteroatoms. The lowest BCUT2D eigenvalue weighted by molar-refractivity contribution is 0.177. The zero-order chi connectivity index (χ0) is 13.9. The lowest BCUT2D eigenvalue weighted by atomic mass is 10.1. The summed E-state index contributed by atoms with van der Waals surface area (Å²) in [7, 11) is 1.65. The highest BCUT2D eigenvalue weighted by Crippen LogP contribution is 2.28. The van der Waals surface area contributed by atoms with Gasteiger partial charge in [0.2, 0.25) is 0 Å². The molecule has 0 spiro atoms. The van der Waals surface area contributed by atoms with E-state index < -0.39 is 0 Å². The molecule has 2 N–H and O–H groups in total. The largest absolute Gasteiger partial charge is 0.493 e. The molecule has 0 amide bonds. The molecule has 4 nitrogen and oxygen atoms in total. The summed E-state index contributed by atoms with van der Waals surface area (Å²) in [4.78, 5) is 0. The summed E-state index contributed by atoms with van der Waals surface area (Å²) >= 11 is 0. The van der Waals surface area contributed by atoms with E-state index in [1.54, 1.807) is 7.11 Å². The number of hydrogen-bond acceptors (Lipinski definition) is 4. The van der Waals surface area contributed by atoms with Crippen LogP contribution in [0.5, 0.6) is 5.75 Å². The number of ether oxygens (including phenoxy) is 1. The van der Waals surface area contributed by atoms with E-state index in [2.05, 4.69) is 5.32 Å². The van der Waals surface area contributed by atoms with Crippen molar-refractivity contribution in [1.29, 1.82) is 0 Å². The highest BCUT2D eigenvalue weighted by Gasteiger charge is 2.22. The second-order valence-corrected chi connectivity index (χ2v) is 5.56. The molecule has 0 bridgehead atoms. The Morgan fingerprint density at radius 3 is 3.05 bits per heavy atom. The van der Waals surface area contributed by atoms with Gasteiger partial charge in [-0.3, -0.25) is 0 Å². The number of furan rings is 1. The van der Waals surface area contributed by atoms with Crippen molar-refractivity contribution >= 4 is 11.0 Å². The minimum Gasteiger partial charge on any atom is -0.493 e. The van der Waals surface area contributed by atoms with Crippen molar-refractivity contribution in [2.75, 3.05) is 13.7 Å². The van der Waals surface area contributed by atoms with E-state index in [9.17, 15) is 5.11 Å². The summed E-state index contributed by atoms with van der Waals surface area (Å²) in [6, 6.07) is 7.95. The number of aliphatic hydroxyl groups is 1. The van der Waals surface area contributed by atoms with Gasteiger partial charge in [0.1, 0.15) is 5.76 Å². The molecule has 1 aromatic heterocycles. The van der Waals surface area contributed by atoms with Crippen LogP contribution in [0.25, 0.3) is 11.0 Å². The fourth-order valence-corrected chi connectivity index (χ4v) is 2.97. The van der Waals surface area contributed by atoms with Gasteiger partial charge in [0.05, 0.1) is 19.8 Å². The van der Waals surface area contributed by atoms with Crippen LogP contribution in [-0.2, 0) is 6.54 Å². The summed E-state index contributed by atoms with van der Waals surface area (Å²) in [6.07, 6.45) is 2.87. The maximum atomic E-state index is 9.51. The van der Waals surface area contributed by atoms with E-state index in [0.29, 0.717) is 12.5 Å². The third kappa shape index (κ3) is 2.81. The topological polar surface area (TPSA) is 54.6 Å². The molecule has 0 saturated heterocycles. The molecule has 1 heterocycles. The van der Waals surface area contributed by atoms with Crippen LogP contribution in [0.3, 0.4) is 0 Å². The second-order valence-electron chi connectivity index (χ2n) is 5.56. The Morgan fingerprint density at radius 2 is 2.30 bits per heavy atom. The van der Waals surface area contributed by atoms with Gasteiger partial charge in [-0.1, -0.05) is 12.1 Å². The number of nitrogens with one attached hydrogen (secondary N) is 1. The maximum absolute atomic E-state index is 9.51. The van der Waals surface area contributed by atoms with Gasteiger partial charge in [-0.15, -0.1) is 0 Å². The molecule has 1 aromatic carbocycles. The van der Waals surface area contributed by atoms with E-state index in [0.717, 1.165) is 48.3 Å². The number of benzene rings is 1. The van der Waals surface area contributed by atoms with Crippen molar-refractivity contribution in [2.24, 2.45) is 5.92 Å². The fraction of sp³-hybridized carbons (Fsp3) is 0.500. The van der Waals surface area contributed by atoms with Crippen molar-refractivity contribution in [3.8, 4) is 5.75 Å². The molecule has 1 aliphatic carbocycles. The third-order valence-corrected chi connectivity index (χ3v) is 4.02. The van der Waals surface area contributed by atoms with Crippen LogP contribution < -0.4 is 10.1 Å². The summed E-state index contributed by atoms with van der Waals surface area (Å²) in [5.74, 6) is 2.28. The number of aliphatic hydroxyl groups excluding tert-OH is 1. The quantitative estimate of drug-likeness (QED) is 0.881. The average molecular weight is 275 g/mol. The normalized spacial score (nSPS) is 22.5.